The molecular formula is C14H27NO4. The standard InChI is InChI=1S/C14H27NO4/c1-4-6-7-8-9-11-19-13(16)12(10-5-2)15-14(17)18-3/h12H,4-11H2,1-3H3,(H,15,17). The predicted octanol–water partition coefficient (Wildman–Crippen LogP) is 3.02. The van der Waals surface area contributed by atoms with E-state index in [1.54, 1.807) is 0 Å². The summed E-state index contributed by atoms with van der Waals surface area (Å²) in [7, 11) is 1.28. The molecular weight excluding hydrogens is 246 g/mol. The number of rotatable bonds is 10. The van der Waals surface area contributed by atoms with Crippen LogP contribution in [0.15, 0.2) is 0 Å². The number of hydrogen-bond donors (Lipinski definition) is 1. The average Bonchev–Trinajstić information content (AvgIpc) is 2.41. The van der Waals surface area contributed by atoms with Crippen LogP contribution in [-0.2, 0) is 14.3 Å². The van der Waals surface area contributed by atoms with Gasteiger partial charge in [0.2, 0.25) is 0 Å². The number of alkyl carbamates (subject to hydrolysis) is 1. The molecule has 0 rings (SSSR count). The molecule has 1 N–H and O–H groups in total. The van der Waals surface area contributed by atoms with Gasteiger partial charge in [0, 0.05) is 0 Å². The first-order chi connectivity index (χ1) is 9.15. The van der Waals surface area contributed by atoms with Crippen molar-refractivity contribution in [1.29, 1.82) is 0 Å². The lowest BCUT2D eigenvalue weighted by Gasteiger charge is -2.16. The summed E-state index contributed by atoms with van der Waals surface area (Å²) in [4.78, 5) is 22.9. The van der Waals surface area contributed by atoms with Gasteiger partial charge in [-0.15, -0.1) is 0 Å². The number of nitrogens with one attached hydrogen (secondary N) is 1. The molecule has 0 heterocycles. The van der Waals surface area contributed by atoms with Crippen LogP contribution >= 0.6 is 0 Å². The highest BCUT2D eigenvalue weighted by Crippen LogP contribution is 2.04. The molecule has 5 nitrogen and oxygen atoms in total. The Morgan fingerprint density at radius 2 is 1.74 bits per heavy atom. The Morgan fingerprint density at radius 3 is 2.32 bits per heavy atom. The summed E-state index contributed by atoms with van der Waals surface area (Å²) in [6.45, 7) is 4.53. The van der Waals surface area contributed by atoms with E-state index in [0.717, 1.165) is 19.3 Å². The van der Waals surface area contributed by atoms with Crippen LogP contribution in [-0.4, -0.2) is 31.8 Å². The van der Waals surface area contributed by atoms with Crippen molar-refractivity contribution in [3.63, 3.8) is 0 Å². The number of carbonyl (C=O) groups excluding carboxylic acids is 2. The minimum Gasteiger partial charge on any atom is -0.464 e. The predicted molar refractivity (Wildman–Crippen MR) is 74.0 cm³/mol. The first-order valence-corrected chi connectivity index (χ1v) is 7.16. The lowest BCUT2D eigenvalue weighted by atomic mass is 10.1. The molecule has 0 aromatic carbocycles. The summed E-state index contributed by atoms with van der Waals surface area (Å²) in [5.41, 5.74) is 0. The van der Waals surface area contributed by atoms with Gasteiger partial charge in [-0.25, -0.2) is 9.59 Å². The van der Waals surface area contributed by atoms with Gasteiger partial charge in [-0.05, 0) is 12.8 Å². The van der Waals surface area contributed by atoms with Crippen LogP contribution in [0, 0.1) is 0 Å². The van der Waals surface area contributed by atoms with E-state index < -0.39 is 12.1 Å². The van der Waals surface area contributed by atoms with Crippen LogP contribution in [0.25, 0.3) is 0 Å². The maximum Gasteiger partial charge on any atom is 0.407 e. The smallest absolute Gasteiger partial charge is 0.407 e. The third-order valence-electron chi connectivity index (χ3n) is 2.83. The largest absolute Gasteiger partial charge is 0.464 e. The molecule has 1 atom stereocenters. The second kappa shape index (κ2) is 11.8. The molecule has 0 aliphatic carbocycles. The quantitative estimate of drug-likeness (QED) is 0.491. The molecule has 0 radical (unpaired) electrons. The zero-order valence-electron chi connectivity index (χ0n) is 12.4. The van der Waals surface area contributed by atoms with Crippen molar-refractivity contribution in [1.82, 2.24) is 5.32 Å². The van der Waals surface area contributed by atoms with Crippen LogP contribution in [0.1, 0.15) is 58.8 Å². The highest BCUT2D eigenvalue weighted by Gasteiger charge is 2.21. The summed E-state index contributed by atoms with van der Waals surface area (Å²) in [5.74, 6) is -0.372. The van der Waals surface area contributed by atoms with Gasteiger partial charge >= 0.3 is 12.1 Å². The van der Waals surface area contributed by atoms with E-state index in [0.29, 0.717) is 13.0 Å². The Balaban J connectivity index is 3.87. The molecule has 0 bridgehead atoms. The Labute approximate surface area is 116 Å². The number of methoxy groups -OCH3 is 1. The molecule has 0 aliphatic heterocycles. The minimum atomic E-state index is -0.604. The fourth-order valence-electron chi connectivity index (χ4n) is 1.72. The van der Waals surface area contributed by atoms with E-state index >= 15 is 0 Å². The van der Waals surface area contributed by atoms with E-state index in [1.807, 2.05) is 6.92 Å². The molecule has 0 saturated carbocycles. The van der Waals surface area contributed by atoms with Gasteiger partial charge in [0.25, 0.3) is 0 Å². The van der Waals surface area contributed by atoms with E-state index in [1.165, 1.54) is 26.4 Å². The third-order valence-corrected chi connectivity index (χ3v) is 2.83. The first-order valence-electron chi connectivity index (χ1n) is 7.16. The molecule has 0 fully saturated rings. The molecule has 5 heteroatoms. The average molecular weight is 273 g/mol. The van der Waals surface area contributed by atoms with Crippen molar-refractivity contribution >= 4 is 12.1 Å². The van der Waals surface area contributed by atoms with Gasteiger partial charge < -0.3 is 14.8 Å². The fourth-order valence-corrected chi connectivity index (χ4v) is 1.72. The van der Waals surface area contributed by atoms with Crippen molar-refractivity contribution in [2.75, 3.05) is 13.7 Å². The molecule has 0 aliphatic rings. The van der Waals surface area contributed by atoms with Gasteiger partial charge in [0.1, 0.15) is 6.04 Å². The number of carbonyl (C=O) groups is 2. The van der Waals surface area contributed by atoms with Gasteiger partial charge in [-0.3, -0.25) is 0 Å². The normalized spacial score (nSPS) is 11.7. The maximum absolute atomic E-state index is 11.8. The maximum atomic E-state index is 11.8. The lowest BCUT2D eigenvalue weighted by molar-refractivity contribution is -0.146. The number of hydrogen-bond acceptors (Lipinski definition) is 4. The van der Waals surface area contributed by atoms with Crippen molar-refractivity contribution in [2.24, 2.45) is 0 Å². The molecule has 0 aromatic heterocycles. The molecule has 0 aromatic rings. The molecule has 0 spiro atoms. The zero-order valence-corrected chi connectivity index (χ0v) is 12.4. The number of ether oxygens (including phenoxy) is 2. The van der Waals surface area contributed by atoms with Crippen LogP contribution in [0.5, 0.6) is 0 Å². The van der Waals surface area contributed by atoms with Crippen molar-refractivity contribution in [3.05, 3.63) is 0 Å². The molecule has 112 valence electrons. The van der Waals surface area contributed by atoms with Crippen LogP contribution in [0.2, 0.25) is 0 Å². The van der Waals surface area contributed by atoms with Gasteiger partial charge in [-0.1, -0.05) is 46.0 Å². The summed E-state index contributed by atoms with van der Waals surface area (Å²) in [5, 5.41) is 2.49. The number of unbranched alkanes of at least 4 members (excludes halogenated alkanes) is 4. The summed E-state index contributed by atoms with van der Waals surface area (Å²) < 4.78 is 9.66. The first kappa shape index (κ1) is 17.7. The summed E-state index contributed by atoms with van der Waals surface area (Å²) >= 11 is 0. The molecule has 0 saturated heterocycles. The number of amides is 1. The Bertz CT molecular complexity index is 256. The van der Waals surface area contributed by atoms with Crippen molar-refractivity contribution < 1.29 is 19.1 Å². The summed E-state index contributed by atoms with van der Waals surface area (Å²) in [6, 6.07) is -0.604. The molecule has 1 unspecified atom stereocenters. The Hall–Kier alpha value is -1.26. The highest BCUT2D eigenvalue weighted by atomic mass is 16.5. The SMILES string of the molecule is CCCCCCCOC(=O)C(CCC)NC(=O)OC. The van der Waals surface area contributed by atoms with E-state index in [2.05, 4.69) is 17.0 Å². The second-order valence-electron chi connectivity index (χ2n) is 4.56. The molecule has 1 amide bonds. The fraction of sp³-hybridized carbons (Fsp3) is 0.857. The van der Waals surface area contributed by atoms with E-state index in [9.17, 15) is 9.59 Å². The minimum absolute atomic E-state index is 0.372. The topological polar surface area (TPSA) is 64.6 Å². The van der Waals surface area contributed by atoms with Crippen molar-refractivity contribution in [3.8, 4) is 0 Å². The lowest BCUT2D eigenvalue weighted by Crippen LogP contribution is -2.41. The summed E-state index contributed by atoms with van der Waals surface area (Å²) in [6.07, 6.45) is 6.29. The Kier molecular flexibility index (Phi) is 11.0. The third kappa shape index (κ3) is 9.33. The van der Waals surface area contributed by atoms with Crippen LogP contribution < -0.4 is 5.32 Å². The van der Waals surface area contributed by atoms with Crippen LogP contribution in [0.4, 0.5) is 4.79 Å². The highest BCUT2D eigenvalue weighted by molar-refractivity contribution is 5.81. The van der Waals surface area contributed by atoms with E-state index in [4.69, 9.17) is 4.74 Å². The van der Waals surface area contributed by atoms with Gasteiger partial charge in [-0.2, -0.15) is 0 Å². The van der Waals surface area contributed by atoms with Gasteiger partial charge in [0.15, 0.2) is 0 Å². The van der Waals surface area contributed by atoms with Crippen molar-refractivity contribution in [2.45, 2.75) is 64.8 Å². The zero-order chi connectivity index (χ0) is 14.5. The monoisotopic (exact) mass is 273 g/mol. The number of esters is 1. The van der Waals surface area contributed by atoms with Gasteiger partial charge in [0.05, 0.1) is 13.7 Å². The Morgan fingerprint density at radius 1 is 1.05 bits per heavy atom. The second-order valence-corrected chi connectivity index (χ2v) is 4.56. The van der Waals surface area contributed by atoms with Crippen LogP contribution in [0.3, 0.4) is 0 Å². The molecule has 19 heavy (non-hydrogen) atoms. The van der Waals surface area contributed by atoms with E-state index in [-0.39, 0.29) is 5.97 Å².